The summed E-state index contributed by atoms with van der Waals surface area (Å²) in [6.07, 6.45) is 1.74. The molecule has 1 heterocycles. The zero-order valence-electron chi connectivity index (χ0n) is 13.3. The highest BCUT2D eigenvalue weighted by atomic mass is 16.2. The quantitative estimate of drug-likeness (QED) is 0.909. The largest absolute Gasteiger partial charge is 0.342 e. The SMILES string of the molecule is CC(=O)N1CCCC(C(=O)Nc2c(C)cc(C)cc2C)C1. The number of carbonyl (C=O) groups is 2. The van der Waals surface area contributed by atoms with Gasteiger partial charge in [0.2, 0.25) is 11.8 Å². The van der Waals surface area contributed by atoms with E-state index in [4.69, 9.17) is 0 Å². The second-order valence-corrected chi connectivity index (χ2v) is 6.07. The van der Waals surface area contributed by atoms with Crippen LogP contribution in [0.15, 0.2) is 12.1 Å². The molecular formula is C17H24N2O2. The number of benzene rings is 1. The van der Waals surface area contributed by atoms with Crippen molar-refractivity contribution >= 4 is 17.5 Å². The van der Waals surface area contributed by atoms with Gasteiger partial charge in [-0.15, -0.1) is 0 Å². The summed E-state index contributed by atoms with van der Waals surface area (Å²) in [7, 11) is 0. The first-order valence-electron chi connectivity index (χ1n) is 7.52. The number of anilines is 1. The summed E-state index contributed by atoms with van der Waals surface area (Å²) >= 11 is 0. The number of piperidine rings is 1. The number of hydrogen-bond donors (Lipinski definition) is 1. The molecule has 2 rings (SSSR count). The molecular weight excluding hydrogens is 264 g/mol. The summed E-state index contributed by atoms with van der Waals surface area (Å²) in [5.41, 5.74) is 4.27. The minimum absolute atomic E-state index is 0.0241. The van der Waals surface area contributed by atoms with Crippen molar-refractivity contribution in [2.45, 2.75) is 40.5 Å². The Kier molecular flexibility index (Phi) is 4.66. The fourth-order valence-electron chi connectivity index (χ4n) is 3.08. The van der Waals surface area contributed by atoms with Crippen LogP contribution in [0.3, 0.4) is 0 Å². The van der Waals surface area contributed by atoms with E-state index in [1.54, 1.807) is 11.8 Å². The monoisotopic (exact) mass is 288 g/mol. The number of aryl methyl sites for hydroxylation is 3. The van der Waals surface area contributed by atoms with Gasteiger partial charge in [-0.3, -0.25) is 9.59 Å². The van der Waals surface area contributed by atoms with E-state index >= 15 is 0 Å². The summed E-state index contributed by atoms with van der Waals surface area (Å²) in [5.74, 6) is -0.0334. The molecule has 2 amide bonds. The van der Waals surface area contributed by atoms with Gasteiger partial charge in [-0.1, -0.05) is 17.7 Å². The first-order chi connectivity index (χ1) is 9.88. The number of carbonyl (C=O) groups excluding carboxylic acids is 2. The fraction of sp³-hybridized carbons (Fsp3) is 0.529. The Balaban J connectivity index is 2.10. The van der Waals surface area contributed by atoms with Crippen molar-refractivity contribution in [3.63, 3.8) is 0 Å². The van der Waals surface area contributed by atoms with E-state index < -0.39 is 0 Å². The van der Waals surface area contributed by atoms with Crippen molar-refractivity contribution in [1.29, 1.82) is 0 Å². The van der Waals surface area contributed by atoms with Crippen molar-refractivity contribution < 1.29 is 9.59 Å². The normalized spacial score (nSPS) is 18.5. The summed E-state index contributed by atoms with van der Waals surface area (Å²) in [6.45, 7) is 8.94. The molecule has 0 aliphatic carbocycles. The van der Waals surface area contributed by atoms with E-state index in [-0.39, 0.29) is 17.7 Å². The topological polar surface area (TPSA) is 49.4 Å². The molecule has 4 nitrogen and oxygen atoms in total. The highest BCUT2D eigenvalue weighted by Crippen LogP contribution is 2.24. The Morgan fingerprint density at radius 2 is 1.81 bits per heavy atom. The number of amides is 2. The molecule has 1 unspecified atom stereocenters. The van der Waals surface area contributed by atoms with Crippen molar-refractivity contribution in [3.8, 4) is 0 Å². The van der Waals surface area contributed by atoms with Gasteiger partial charge in [-0.25, -0.2) is 0 Å². The predicted molar refractivity (Wildman–Crippen MR) is 84.3 cm³/mol. The Morgan fingerprint density at radius 1 is 1.19 bits per heavy atom. The lowest BCUT2D eigenvalue weighted by atomic mass is 9.96. The third-order valence-electron chi connectivity index (χ3n) is 4.16. The second kappa shape index (κ2) is 6.29. The Bertz CT molecular complexity index is 543. The number of likely N-dealkylation sites (tertiary alicyclic amines) is 1. The Labute approximate surface area is 126 Å². The van der Waals surface area contributed by atoms with Gasteiger partial charge in [0, 0.05) is 25.7 Å². The fourth-order valence-corrected chi connectivity index (χ4v) is 3.08. The maximum Gasteiger partial charge on any atom is 0.229 e. The van der Waals surface area contributed by atoms with Gasteiger partial charge < -0.3 is 10.2 Å². The molecule has 1 aliphatic rings. The van der Waals surface area contributed by atoms with E-state index in [1.165, 1.54) is 5.56 Å². The molecule has 0 bridgehead atoms. The molecule has 0 radical (unpaired) electrons. The van der Waals surface area contributed by atoms with Crippen LogP contribution in [0.2, 0.25) is 0 Å². The Hall–Kier alpha value is -1.84. The van der Waals surface area contributed by atoms with Gasteiger partial charge in [0.25, 0.3) is 0 Å². The average Bonchev–Trinajstić information content (AvgIpc) is 2.42. The summed E-state index contributed by atoms with van der Waals surface area (Å²) in [5, 5.41) is 3.06. The van der Waals surface area contributed by atoms with Crippen LogP contribution in [0, 0.1) is 26.7 Å². The van der Waals surface area contributed by atoms with E-state index in [0.717, 1.165) is 36.2 Å². The molecule has 1 atom stereocenters. The molecule has 1 fully saturated rings. The van der Waals surface area contributed by atoms with Gasteiger partial charge in [-0.2, -0.15) is 0 Å². The maximum absolute atomic E-state index is 12.5. The van der Waals surface area contributed by atoms with Crippen LogP contribution in [0.4, 0.5) is 5.69 Å². The van der Waals surface area contributed by atoms with Crippen LogP contribution in [0.1, 0.15) is 36.5 Å². The molecule has 1 saturated heterocycles. The van der Waals surface area contributed by atoms with Crippen molar-refractivity contribution in [3.05, 3.63) is 28.8 Å². The van der Waals surface area contributed by atoms with Gasteiger partial charge in [0.15, 0.2) is 0 Å². The zero-order chi connectivity index (χ0) is 15.6. The highest BCUT2D eigenvalue weighted by molar-refractivity contribution is 5.94. The summed E-state index contributed by atoms with van der Waals surface area (Å²) in [6, 6.07) is 4.15. The van der Waals surface area contributed by atoms with E-state index in [2.05, 4.69) is 24.4 Å². The lowest BCUT2D eigenvalue weighted by Crippen LogP contribution is -2.42. The van der Waals surface area contributed by atoms with Gasteiger partial charge in [0.1, 0.15) is 0 Å². The highest BCUT2D eigenvalue weighted by Gasteiger charge is 2.27. The average molecular weight is 288 g/mol. The lowest BCUT2D eigenvalue weighted by molar-refractivity contribution is -0.132. The van der Waals surface area contributed by atoms with Crippen LogP contribution in [0.5, 0.6) is 0 Å². The van der Waals surface area contributed by atoms with E-state index in [9.17, 15) is 9.59 Å². The number of nitrogens with zero attached hydrogens (tertiary/aromatic N) is 1. The van der Waals surface area contributed by atoms with Gasteiger partial charge in [-0.05, 0) is 44.7 Å². The molecule has 1 N–H and O–H groups in total. The molecule has 114 valence electrons. The molecule has 21 heavy (non-hydrogen) atoms. The van der Waals surface area contributed by atoms with Crippen molar-refractivity contribution in [1.82, 2.24) is 4.90 Å². The first kappa shape index (κ1) is 15.5. The predicted octanol–water partition coefficient (Wildman–Crippen LogP) is 2.81. The third kappa shape index (κ3) is 3.63. The van der Waals surface area contributed by atoms with Crippen LogP contribution in [-0.4, -0.2) is 29.8 Å². The molecule has 1 aromatic rings. The maximum atomic E-state index is 12.5. The van der Waals surface area contributed by atoms with E-state index in [1.807, 2.05) is 13.8 Å². The molecule has 0 saturated carbocycles. The molecule has 0 aromatic heterocycles. The number of nitrogens with one attached hydrogen (secondary N) is 1. The molecule has 1 aromatic carbocycles. The third-order valence-corrected chi connectivity index (χ3v) is 4.16. The summed E-state index contributed by atoms with van der Waals surface area (Å²) in [4.78, 5) is 25.7. The minimum atomic E-state index is -0.109. The standard InChI is InChI=1S/C17H24N2O2/c1-11-8-12(2)16(13(3)9-11)18-17(21)15-6-5-7-19(10-15)14(4)20/h8-9,15H,5-7,10H2,1-4H3,(H,18,21). The summed E-state index contributed by atoms with van der Waals surface area (Å²) < 4.78 is 0. The van der Waals surface area contributed by atoms with Crippen molar-refractivity contribution in [2.24, 2.45) is 5.92 Å². The van der Waals surface area contributed by atoms with Crippen LogP contribution in [0.25, 0.3) is 0 Å². The van der Waals surface area contributed by atoms with Crippen LogP contribution < -0.4 is 5.32 Å². The Morgan fingerprint density at radius 3 is 2.38 bits per heavy atom. The minimum Gasteiger partial charge on any atom is -0.342 e. The molecule has 4 heteroatoms. The molecule has 0 spiro atoms. The van der Waals surface area contributed by atoms with Gasteiger partial charge >= 0.3 is 0 Å². The van der Waals surface area contributed by atoms with Gasteiger partial charge in [0.05, 0.1) is 5.92 Å². The second-order valence-electron chi connectivity index (χ2n) is 6.07. The first-order valence-corrected chi connectivity index (χ1v) is 7.52. The molecule has 1 aliphatic heterocycles. The van der Waals surface area contributed by atoms with E-state index in [0.29, 0.717) is 6.54 Å². The van der Waals surface area contributed by atoms with Crippen molar-refractivity contribution in [2.75, 3.05) is 18.4 Å². The zero-order valence-corrected chi connectivity index (χ0v) is 13.3. The number of hydrogen-bond acceptors (Lipinski definition) is 2. The smallest absolute Gasteiger partial charge is 0.229 e. The van der Waals surface area contributed by atoms with Crippen LogP contribution in [-0.2, 0) is 9.59 Å². The number of rotatable bonds is 2. The lowest BCUT2D eigenvalue weighted by Gasteiger charge is -2.31. The van der Waals surface area contributed by atoms with Crippen LogP contribution >= 0.6 is 0 Å².